The summed E-state index contributed by atoms with van der Waals surface area (Å²) < 4.78 is 5.13. The molecule has 2 rings (SSSR count). The second kappa shape index (κ2) is 6.52. The smallest absolute Gasteiger partial charge is 0.324 e. The van der Waals surface area contributed by atoms with Gasteiger partial charge in [0.05, 0.1) is 6.61 Å². The quantitative estimate of drug-likeness (QED) is 0.808. The van der Waals surface area contributed by atoms with Gasteiger partial charge in [-0.25, -0.2) is 0 Å². The maximum absolute atomic E-state index is 11.9. The molecule has 0 unspecified atom stereocenters. The summed E-state index contributed by atoms with van der Waals surface area (Å²) >= 11 is 0. The van der Waals surface area contributed by atoms with E-state index in [1.54, 1.807) is 0 Å². The first-order chi connectivity index (χ1) is 8.81. The lowest BCUT2D eigenvalue weighted by Gasteiger charge is -2.34. The highest BCUT2D eigenvalue weighted by Crippen LogP contribution is 2.11. The number of ether oxygens (including phenoxy) is 1. The van der Waals surface area contributed by atoms with Crippen LogP contribution in [-0.2, 0) is 16.1 Å². The molecule has 0 amide bonds. The standard InChI is InChI=1S/C14H20N2O2/c1-2-18-14(17)13-10-15-8-9-16(13)11-12-6-4-3-5-7-12/h3-7,13,15H,2,8-11H2,1H3/t13-/m0/s1. The summed E-state index contributed by atoms with van der Waals surface area (Å²) in [5.41, 5.74) is 1.23. The van der Waals surface area contributed by atoms with Crippen molar-refractivity contribution >= 4 is 5.97 Å². The Morgan fingerprint density at radius 3 is 2.94 bits per heavy atom. The minimum atomic E-state index is -0.168. The van der Waals surface area contributed by atoms with Crippen molar-refractivity contribution in [3.05, 3.63) is 35.9 Å². The van der Waals surface area contributed by atoms with E-state index in [1.165, 1.54) is 5.56 Å². The van der Waals surface area contributed by atoms with Crippen molar-refractivity contribution in [2.45, 2.75) is 19.5 Å². The third-order valence-corrected chi connectivity index (χ3v) is 3.14. The lowest BCUT2D eigenvalue weighted by molar-refractivity contribution is -0.150. The van der Waals surface area contributed by atoms with Crippen LogP contribution in [0.5, 0.6) is 0 Å². The van der Waals surface area contributed by atoms with Crippen LogP contribution < -0.4 is 5.32 Å². The molecular formula is C14H20N2O2. The van der Waals surface area contributed by atoms with Gasteiger partial charge in [-0.3, -0.25) is 9.69 Å². The highest BCUT2D eigenvalue weighted by molar-refractivity contribution is 5.76. The summed E-state index contributed by atoms with van der Waals surface area (Å²) in [4.78, 5) is 14.1. The van der Waals surface area contributed by atoms with Gasteiger partial charge in [0.1, 0.15) is 6.04 Å². The second-order valence-electron chi connectivity index (χ2n) is 4.43. The molecule has 1 aliphatic heterocycles. The Morgan fingerprint density at radius 2 is 2.22 bits per heavy atom. The van der Waals surface area contributed by atoms with Gasteiger partial charge in [-0.1, -0.05) is 30.3 Å². The zero-order chi connectivity index (χ0) is 12.8. The Balaban J connectivity index is 2.01. The number of nitrogens with one attached hydrogen (secondary N) is 1. The predicted molar refractivity (Wildman–Crippen MR) is 70.1 cm³/mol. The highest BCUT2D eigenvalue weighted by Gasteiger charge is 2.29. The number of carbonyl (C=O) groups excluding carboxylic acids is 1. The fourth-order valence-corrected chi connectivity index (χ4v) is 2.22. The number of hydrogen-bond acceptors (Lipinski definition) is 4. The third kappa shape index (κ3) is 3.31. The van der Waals surface area contributed by atoms with Crippen LogP contribution in [0.3, 0.4) is 0 Å². The van der Waals surface area contributed by atoms with Gasteiger partial charge in [-0.2, -0.15) is 0 Å². The maximum atomic E-state index is 11.9. The molecule has 0 radical (unpaired) electrons. The van der Waals surface area contributed by atoms with Crippen molar-refractivity contribution in [1.29, 1.82) is 0 Å². The molecule has 1 fully saturated rings. The van der Waals surface area contributed by atoms with Crippen LogP contribution in [0.15, 0.2) is 30.3 Å². The van der Waals surface area contributed by atoms with Crippen LogP contribution in [0.1, 0.15) is 12.5 Å². The molecule has 98 valence electrons. The molecule has 1 aliphatic rings. The van der Waals surface area contributed by atoms with E-state index in [2.05, 4.69) is 22.3 Å². The van der Waals surface area contributed by atoms with Crippen molar-refractivity contribution in [1.82, 2.24) is 10.2 Å². The third-order valence-electron chi connectivity index (χ3n) is 3.14. The van der Waals surface area contributed by atoms with Crippen LogP contribution in [0.25, 0.3) is 0 Å². The van der Waals surface area contributed by atoms with Gasteiger partial charge in [-0.15, -0.1) is 0 Å². The first kappa shape index (κ1) is 13.1. The fourth-order valence-electron chi connectivity index (χ4n) is 2.22. The van der Waals surface area contributed by atoms with Gasteiger partial charge < -0.3 is 10.1 Å². The van der Waals surface area contributed by atoms with Crippen molar-refractivity contribution in [2.24, 2.45) is 0 Å². The van der Waals surface area contributed by atoms with E-state index in [9.17, 15) is 4.79 Å². The number of benzene rings is 1. The first-order valence-corrected chi connectivity index (χ1v) is 6.46. The Labute approximate surface area is 108 Å². The van der Waals surface area contributed by atoms with E-state index in [1.807, 2.05) is 25.1 Å². The van der Waals surface area contributed by atoms with E-state index >= 15 is 0 Å². The summed E-state index contributed by atoms with van der Waals surface area (Å²) in [6.07, 6.45) is 0. The average Bonchev–Trinajstić information content (AvgIpc) is 2.41. The van der Waals surface area contributed by atoms with Crippen LogP contribution in [0.4, 0.5) is 0 Å². The Bertz CT molecular complexity index is 381. The Morgan fingerprint density at radius 1 is 1.44 bits per heavy atom. The Kier molecular flexibility index (Phi) is 4.73. The number of rotatable bonds is 4. The zero-order valence-corrected chi connectivity index (χ0v) is 10.8. The number of carbonyl (C=O) groups is 1. The SMILES string of the molecule is CCOC(=O)[C@@H]1CNCCN1Cc1ccccc1. The van der Waals surface area contributed by atoms with Crippen LogP contribution >= 0.6 is 0 Å². The molecule has 0 bridgehead atoms. The van der Waals surface area contributed by atoms with Gasteiger partial charge in [-0.05, 0) is 12.5 Å². The van der Waals surface area contributed by atoms with E-state index in [0.29, 0.717) is 13.2 Å². The van der Waals surface area contributed by atoms with Crippen molar-refractivity contribution in [2.75, 3.05) is 26.2 Å². The molecule has 0 aromatic heterocycles. The largest absolute Gasteiger partial charge is 0.465 e. The van der Waals surface area contributed by atoms with Crippen LogP contribution in [0, 0.1) is 0 Å². The highest BCUT2D eigenvalue weighted by atomic mass is 16.5. The molecule has 18 heavy (non-hydrogen) atoms. The first-order valence-electron chi connectivity index (χ1n) is 6.46. The molecule has 1 atom stereocenters. The monoisotopic (exact) mass is 248 g/mol. The van der Waals surface area contributed by atoms with E-state index in [0.717, 1.165) is 19.6 Å². The fraction of sp³-hybridized carbons (Fsp3) is 0.500. The van der Waals surface area contributed by atoms with Crippen molar-refractivity contribution in [3.8, 4) is 0 Å². The summed E-state index contributed by atoms with van der Waals surface area (Å²) in [6.45, 7) is 5.54. The van der Waals surface area contributed by atoms with Gasteiger partial charge >= 0.3 is 5.97 Å². The average molecular weight is 248 g/mol. The number of hydrogen-bond donors (Lipinski definition) is 1. The predicted octanol–water partition coefficient (Wildman–Crippen LogP) is 1.02. The van der Waals surface area contributed by atoms with Crippen molar-refractivity contribution < 1.29 is 9.53 Å². The number of piperazine rings is 1. The lowest BCUT2D eigenvalue weighted by atomic mass is 10.1. The molecule has 1 aromatic rings. The molecule has 1 saturated heterocycles. The molecular weight excluding hydrogens is 228 g/mol. The molecule has 1 heterocycles. The lowest BCUT2D eigenvalue weighted by Crippen LogP contribution is -2.54. The molecule has 4 heteroatoms. The summed E-state index contributed by atoms with van der Waals surface area (Å²) in [6, 6.07) is 10.1. The molecule has 0 spiro atoms. The number of nitrogens with zero attached hydrogens (tertiary/aromatic N) is 1. The van der Waals surface area contributed by atoms with Gasteiger partial charge in [0.15, 0.2) is 0 Å². The molecule has 0 saturated carbocycles. The maximum Gasteiger partial charge on any atom is 0.324 e. The zero-order valence-electron chi connectivity index (χ0n) is 10.8. The van der Waals surface area contributed by atoms with Gasteiger partial charge in [0, 0.05) is 26.2 Å². The molecule has 1 N–H and O–H groups in total. The molecule has 4 nitrogen and oxygen atoms in total. The summed E-state index contributed by atoms with van der Waals surface area (Å²) in [5, 5.41) is 3.25. The van der Waals surface area contributed by atoms with E-state index < -0.39 is 0 Å². The van der Waals surface area contributed by atoms with Crippen LogP contribution in [-0.4, -0.2) is 43.2 Å². The number of esters is 1. The normalized spacial score (nSPS) is 20.6. The minimum absolute atomic E-state index is 0.124. The van der Waals surface area contributed by atoms with E-state index in [4.69, 9.17) is 4.74 Å². The van der Waals surface area contributed by atoms with Crippen LogP contribution in [0.2, 0.25) is 0 Å². The Hall–Kier alpha value is -1.39. The van der Waals surface area contributed by atoms with Gasteiger partial charge in [0.25, 0.3) is 0 Å². The second-order valence-corrected chi connectivity index (χ2v) is 4.43. The summed E-state index contributed by atoms with van der Waals surface area (Å²) in [5.74, 6) is -0.124. The summed E-state index contributed by atoms with van der Waals surface area (Å²) in [7, 11) is 0. The topological polar surface area (TPSA) is 41.6 Å². The molecule has 0 aliphatic carbocycles. The molecule has 1 aromatic carbocycles. The van der Waals surface area contributed by atoms with Gasteiger partial charge in [0.2, 0.25) is 0 Å². The minimum Gasteiger partial charge on any atom is -0.465 e. The van der Waals surface area contributed by atoms with Crippen molar-refractivity contribution in [3.63, 3.8) is 0 Å². The van der Waals surface area contributed by atoms with E-state index in [-0.39, 0.29) is 12.0 Å².